The summed E-state index contributed by atoms with van der Waals surface area (Å²) in [6.07, 6.45) is 2.41. The van der Waals surface area contributed by atoms with E-state index in [1.165, 1.54) is 0 Å². The lowest BCUT2D eigenvalue weighted by Gasteiger charge is -2.25. The van der Waals surface area contributed by atoms with Gasteiger partial charge in [0.25, 0.3) is 0 Å². The molecule has 3 heteroatoms. The van der Waals surface area contributed by atoms with Crippen molar-refractivity contribution >= 4 is 5.78 Å². The van der Waals surface area contributed by atoms with Crippen LogP contribution in [0.3, 0.4) is 0 Å². The molecule has 17 heavy (non-hydrogen) atoms. The summed E-state index contributed by atoms with van der Waals surface area (Å²) in [6.45, 7) is 2.52. The zero-order chi connectivity index (χ0) is 12.1. The van der Waals surface area contributed by atoms with Crippen LogP contribution in [0.15, 0.2) is 30.3 Å². The van der Waals surface area contributed by atoms with Crippen molar-refractivity contribution < 1.29 is 14.3 Å². The fourth-order valence-corrected chi connectivity index (χ4v) is 1.95. The van der Waals surface area contributed by atoms with Gasteiger partial charge in [-0.15, -0.1) is 0 Å². The Bertz CT molecular complexity index is 355. The molecule has 0 amide bonds. The summed E-state index contributed by atoms with van der Waals surface area (Å²) in [5.74, 6) is 0.0137. The summed E-state index contributed by atoms with van der Waals surface area (Å²) >= 11 is 0. The van der Waals surface area contributed by atoms with Gasteiger partial charge in [-0.25, -0.2) is 0 Å². The molecule has 1 aliphatic rings. The van der Waals surface area contributed by atoms with E-state index in [4.69, 9.17) is 9.47 Å². The Labute approximate surface area is 102 Å². The third-order valence-corrected chi connectivity index (χ3v) is 2.92. The molecule has 92 valence electrons. The minimum absolute atomic E-state index is 0.0137. The van der Waals surface area contributed by atoms with Crippen molar-refractivity contribution in [3.05, 3.63) is 35.9 Å². The van der Waals surface area contributed by atoms with Crippen LogP contribution in [0.4, 0.5) is 0 Å². The lowest BCUT2D eigenvalue weighted by atomic mass is 10.1. The number of ketones is 1. The molecule has 0 bridgehead atoms. The zero-order valence-electron chi connectivity index (χ0n) is 10.1. The first-order valence-electron chi connectivity index (χ1n) is 6.13. The Balaban J connectivity index is 1.91. The number of Topliss-reactive ketones (excluding diaryl/α,β-unsaturated/α-hetero) is 1. The second-order valence-corrected chi connectivity index (χ2v) is 4.30. The lowest BCUT2D eigenvalue weighted by molar-refractivity contribution is -0.174. The summed E-state index contributed by atoms with van der Waals surface area (Å²) in [5, 5.41) is 0. The van der Waals surface area contributed by atoms with Gasteiger partial charge >= 0.3 is 0 Å². The number of rotatable bonds is 4. The first kappa shape index (κ1) is 12.3. The van der Waals surface area contributed by atoms with Gasteiger partial charge in [-0.1, -0.05) is 30.3 Å². The van der Waals surface area contributed by atoms with E-state index in [0.717, 1.165) is 25.9 Å². The largest absolute Gasteiger partial charge is 0.353 e. The Hall–Kier alpha value is -1.19. The van der Waals surface area contributed by atoms with Gasteiger partial charge in [0.2, 0.25) is 0 Å². The average molecular weight is 234 g/mol. The van der Waals surface area contributed by atoms with Crippen LogP contribution in [-0.2, 0) is 9.47 Å². The molecule has 1 fully saturated rings. The van der Waals surface area contributed by atoms with Gasteiger partial charge in [-0.2, -0.15) is 0 Å². The van der Waals surface area contributed by atoms with Crippen molar-refractivity contribution in [1.82, 2.24) is 0 Å². The molecule has 0 radical (unpaired) electrons. The molecule has 1 saturated heterocycles. The fourth-order valence-electron chi connectivity index (χ4n) is 1.95. The van der Waals surface area contributed by atoms with E-state index >= 15 is 0 Å². The lowest BCUT2D eigenvalue weighted by Crippen LogP contribution is -2.31. The molecule has 1 aromatic carbocycles. The summed E-state index contributed by atoms with van der Waals surface area (Å²) in [7, 11) is 0. The molecular weight excluding hydrogens is 216 g/mol. The van der Waals surface area contributed by atoms with Crippen molar-refractivity contribution in [3.63, 3.8) is 0 Å². The van der Waals surface area contributed by atoms with Crippen molar-refractivity contribution in [2.45, 2.75) is 38.6 Å². The molecule has 1 heterocycles. The normalized spacial score (nSPS) is 22.1. The highest BCUT2D eigenvalue weighted by molar-refractivity contribution is 5.99. The second-order valence-electron chi connectivity index (χ2n) is 4.30. The molecule has 0 N–H and O–H groups in total. The first-order valence-corrected chi connectivity index (χ1v) is 6.13. The summed E-state index contributed by atoms with van der Waals surface area (Å²) in [4.78, 5) is 12.0. The predicted molar refractivity (Wildman–Crippen MR) is 64.9 cm³/mol. The van der Waals surface area contributed by atoms with Gasteiger partial charge < -0.3 is 9.47 Å². The van der Waals surface area contributed by atoms with E-state index < -0.39 is 6.10 Å². The van der Waals surface area contributed by atoms with Crippen LogP contribution < -0.4 is 0 Å². The highest BCUT2D eigenvalue weighted by Gasteiger charge is 2.22. The summed E-state index contributed by atoms with van der Waals surface area (Å²) in [5.41, 5.74) is 0.691. The van der Waals surface area contributed by atoms with Crippen LogP contribution in [0.1, 0.15) is 36.5 Å². The van der Waals surface area contributed by atoms with E-state index in [9.17, 15) is 4.79 Å². The number of ether oxygens (including phenoxy) is 2. The predicted octanol–water partition coefficient (Wildman–Crippen LogP) is 2.80. The minimum Gasteiger partial charge on any atom is -0.353 e. The molecule has 0 spiro atoms. The molecule has 0 aliphatic carbocycles. The summed E-state index contributed by atoms with van der Waals surface area (Å²) in [6, 6.07) is 9.23. The molecule has 0 saturated carbocycles. The van der Waals surface area contributed by atoms with Crippen LogP contribution in [0.2, 0.25) is 0 Å². The van der Waals surface area contributed by atoms with Crippen LogP contribution in [0, 0.1) is 0 Å². The quantitative estimate of drug-likeness (QED) is 0.751. The van der Waals surface area contributed by atoms with Gasteiger partial charge in [-0.3, -0.25) is 4.79 Å². The van der Waals surface area contributed by atoms with Crippen molar-refractivity contribution in [2.24, 2.45) is 0 Å². The average Bonchev–Trinajstić information content (AvgIpc) is 2.40. The molecule has 2 rings (SSSR count). The number of carbonyl (C=O) groups is 1. The van der Waals surface area contributed by atoms with Gasteiger partial charge in [0.1, 0.15) is 6.10 Å². The number of benzene rings is 1. The maximum atomic E-state index is 12.0. The zero-order valence-corrected chi connectivity index (χ0v) is 10.1. The van der Waals surface area contributed by atoms with Crippen LogP contribution in [-0.4, -0.2) is 24.8 Å². The molecule has 0 aromatic heterocycles. The Morgan fingerprint density at radius 1 is 1.35 bits per heavy atom. The SMILES string of the molecule is CC(OC1CCCCO1)C(=O)c1ccccc1. The van der Waals surface area contributed by atoms with Crippen LogP contribution in [0.25, 0.3) is 0 Å². The Kier molecular flexibility index (Phi) is 4.29. The van der Waals surface area contributed by atoms with Crippen molar-refractivity contribution in [3.8, 4) is 0 Å². The molecular formula is C14H18O3. The third-order valence-electron chi connectivity index (χ3n) is 2.92. The monoisotopic (exact) mass is 234 g/mol. The maximum Gasteiger partial charge on any atom is 0.191 e. The number of hydrogen-bond acceptors (Lipinski definition) is 3. The molecule has 2 atom stereocenters. The van der Waals surface area contributed by atoms with Gasteiger partial charge in [0, 0.05) is 12.2 Å². The fraction of sp³-hybridized carbons (Fsp3) is 0.500. The second kappa shape index (κ2) is 5.94. The molecule has 1 aromatic rings. The third kappa shape index (κ3) is 3.38. The van der Waals surface area contributed by atoms with Crippen molar-refractivity contribution in [1.29, 1.82) is 0 Å². The van der Waals surface area contributed by atoms with E-state index in [1.54, 1.807) is 6.92 Å². The van der Waals surface area contributed by atoms with E-state index in [1.807, 2.05) is 30.3 Å². The highest BCUT2D eigenvalue weighted by atomic mass is 16.7. The molecule has 1 aliphatic heterocycles. The van der Waals surface area contributed by atoms with Crippen molar-refractivity contribution in [2.75, 3.05) is 6.61 Å². The van der Waals surface area contributed by atoms with Crippen LogP contribution in [0.5, 0.6) is 0 Å². The standard InChI is InChI=1S/C14H18O3/c1-11(17-13-9-5-6-10-16-13)14(15)12-7-3-2-4-8-12/h2-4,7-8,11,13H,5-6,9-10H2,1H3. The van der Waals surface area contributed by atoms with Gasteiger partial charge in [-0.05, 0) is 26.2 Å². The smallest absolute Gasteiger partial charge is 0.191 e. The number of carbonyl (C=O) groups excluding carboxylic acids is 1. The minimum atomic E-state index is -0.444. The van der Waals surface area contributed by atoms with E-state index in [-0.39, 0.29) is 12.1 Å². The maximum absolute atomic E-state index is 12.0. The molecule has 2 unspecified atom stereocenters. The number of hydrogen-bond donors (Lipinski definition) is 0. The Morgan fingerprint density at radius 2 is 2.12 bits per heavy atom. The Morgan fingerprint density at radius 3 is 2.76 bits per heavy atom. The molecule has 3 nitrogen and oxygen atoms in total. The highest BCUT2D eigenvalue weighted by Crippen LogP contribution is 2.17. The first-order chi connectivity index (χ1) is 8.27. The van der Waals surface area contributed by atoms with Gasteiger partial charge in [0.15, 0.2) is 12.1 Å². The van der Waals surface area contributed by atoms with Gasteiger partial charge in [0.05, 0.1) is 0 Å². The van der Waals surface area contributed by atoms with Crippen LogP contribution >= 0.6 is 0 Å². The van der Waals surface area contributed by atoms with E-state index in [2.05, 4.69) is 0 Å². The summed E-state index contributed by atoms with van der Waals surface area (Å²) < 4.78 is 11.1. The topological polar surface area (TPSA) is 35.5 Å². The van der Waals surface area contributed by atoms with E-state index in [0.29, 0.717) is 5.56 Å².